The molecule has 17 heavy (non-hydrogen) atoms. The molecule has 1 aliphatic rings. The molecule has 1 aromatic carbocycles. The highest BCUT2D eigenvalue weighted by molar-refractivity contribution is 9.10. The second-order valence-electron chi connectivity index (χ2n) is 4.91. The molecule has 0 amide bonds. The van der Waals surface area contributed by atoms with E-state index in [1.165, 1.54) is 25.7 Å². The van der Waals surface area contributed by atoms with E-state index in [0.29, 0.717) is 6.04 Å². The molecule has 1 fully saturated rings. The van der Waals surface area contributed by atoms with Crippen LogP contribution in [-0.2, 0) is 0 Å². The van der Waals surface area contributed by atoms with Gasteiger partial charge in [0.15, 0.2) is 0 Å². The Labute approximate surface area is 111 Å². The van der Waals surface area contributed by atoms with E-state index < -0.39 is 0 Å². The van der Waals surface area contributed by atoms with Crippen LogP contribution in [-0.4, -0.2) is 6.04 Å². The minimum Gasteiger partial charge on any atom is -0.381 e. The molecular formula is C14H17BrN2. The van der Waals surface area contributed by atoms with Crippen molar-refractivity contribution < 1.29 is 0 Å². The predicted molar refractivity (Wildman–Crippen MR) is 73.9 cm³/mol. The second-order valence-corrected chi connectivity index (χ2v) is 5.83. The lowest BCUT2D eigenvalue weighted by Crippen LogP contribution is -2.26. The van der Waals surface area contributed by atoms with Gasteiger partial charge in [-0.2, -0.15) is 5.26 Å². The summed E-state index contributed by atoms with van der Waals surface area (Å²) in [6.07, 6.45) is 5.04. The van der Waals surface area contributed by atoms with Crippen LogP contribution < -0.4 is 5.32 Å². The number of nitriles is 1. The molecule has 1 saturated carbocycles. The Bertz CT molecular complexity index is 436. The number of halogens is 1. The van der Waals surface area contributed by atoms with Crippen molar-refractivity contribution in [2.45, 2.75) is 38.6 Å². The number of hydrogen-bond donors (Lipinski definition) is 1. The van der Waals surface area contributed by atoms with Crippen molar-refractivity contribution in [2.75, 3.05) is 5.32 Å². The van der Waals surface area contributed by atoms with Gasteiger partial charge in [-0.25, -0.2) is 0 Å². The standard InChI is InChI=1S/C14H17BrN2/c1-10-3-2-4-13(7-10)17-14-8-12(15)6-5-11(14)9-16/h5-6,8,10,13,17H,2-4,7H2,1H3. The average Bonchev–Trinajstić information content (AvgIpc) is 2.29. The first-order valence-corrected chi connectivity index (χ1v) is 6.94. The van der Waals surface area contributed by atoms with E-state index in [-0.39, 0.29) is 0 Å². The van der Waals surface area contributed by atoms with Gasteiger partial charge in [0.05, 0.1) is 11.3 Å². The van der Waals surface area contributed by atoms with Crippen molar-refractivity contribution >= 4 is 21.6 Å². The highest BCUT2D eigenvalue weighted by atomic mass is 79.9. The molecule has 0 radical (unpaired) electrons. The summed E-state index contributed by atoms with van der Waals surface area (Å²) in [5, 5.41) is 12.6. The molecule has 0 saturated heterocycles. The summed E-state index contributed by atoms with van der Waals surface area (Å²) in [5.74, 6) is 0.791. The van der Waals surface area contributed by atoms with E-state index in [1.807, 2.05) is 18.2 Å². The first-order chi connectivity index (χ1) is 8.19. The Hall–Kier alpha value is -1.01. The summed E-state index contributed by atoms with van der Waals surface area (Å²) in [6.45, 7) is 2.31. The van der Waals surface area contributed by atoms with Gasteiger partial charge in [0, 0.05) is 10.5 Å². The van der Waals surface area contributed by atoms with Gasteiger partial charge in [0.2, 0.25) is 0 Å². The van der Waals surface area contributed by atoms with Crippen LogP contribution in [0.4, 0.5) is 5.69 Å². The molecule has 0 spiro atoms. The molecular weight excluding hydrogens is 276 g/mol. The molecule has 2 rings (SSSR count). The first-order valence-electron chi connectivity index (χ1n) is 6.15. The maximum Gasteiger partial charge on any atom is 0.101 e. The quantitative estimate of drug-likeness (QED) is 0.882. The number of anilines is 1. The lowest BCUT2D eigenvalue weighted by atomic mass is 9.87. The van der Waals surface area contributed by atoms with Gasteiger partial charge in [-0.3, -0.25) is 0 Å². The summed E-state index contributed by atoms with van der Waals surface area (Å²) in [7, 11) is 0. The second kappa shape index (κ2) is 5.55. The third-order valence-electron chi connectivity index (χ3n) is 3.40. The van der Waals surface area contributed by atoms with Crippen LogP contribution in [0.15, 0.2) is 22.7 Å². The Balaban J connectivity index is 2.12. The van der Waals surface area contributed by atoms with E-state index in [1.54, 1.807) is 0 Å². The molecule has 3 heteroatoms. The fourth-order valence-electron chi connectivity index (χ4n) is 2.52. The predicted octanol–water partition coefficient (Wildman–Crippen LogP) is 4.31. The Morgan fingerprint density at radius 1 is 1.41 bits per heavy atom. The Morgan fingerprint density at radius 3 is 2.94 bits per heavy atom. The fraction of sp³-hybridized carbons (Fsp3) is 0.500. The minimum absolute atomic E-state index is 0.514. The molecule has 2 nitrogen and oxygen atoms in total. The number of hydrogen-bond acceptors (Lipinski definition) is 2. The van der Waals surface area contributed by atoms with Crippen LogP contribution in [0.25, 0.3) is 0 Å². The molecule has 1 N–H and O–H groups in total. The molecule has 1 aliphatic carbocycles. The van der Waals surface area contributed by atoms with Gasteiger partial charge in [0.1, 0.15) is 6.07 Å². The zero-order chi connectivity index (χ0) is 12.3. The van der Waals surface area contributed by atoms with Gasteiger partial charge in [-0.15, -0.1) is 0 Å². The van der Waals surface area contributed by atoms with Crippen LogP contribution >= 0.6 is 15.9 Å². The summed E-state index contributed by atoms with van der Waals surface area (Å²) >= 11 is 3.45. The smallest absolute Gasteiger partial charge is 0.101 e. The Kier molecular flexibility index (Phi) is 4.06. The van der Waals surface area contributed by atoms with Crippen molar-refractivity contribution in [3.05, 3.63) is 28.2 Å². The number of rotatable bonds is 2. The molecule has 2 atom stereocenters. The molecule has 0 heterocycles. The van der Waals surface area contributed by atoms with Gasteiger partial charge in [0.25, 0.3) is 0 Å². The summed E-state index contributed by atoms with van der Waals surface area (Å²) in [5.41, 5.74) is 1.69. The van der Waals surface area contributed by atoms with E-state index in [9.17, 15) is 0 Å². The lowest BCUT2D eigenvalue weighted by Gasteiger charge is -2.28. The van der Waals surface area contributed by atoms with Crippen molar-refractivity contribution in [2.24, 2.45) is 5.92 Å². The molecule has 0 aromatic heterocycles. The highest BCUT2D eigenvalue weighted by Gasteiger charge is 2.19. The van der Waals surface area contributed by atoms with Gasteiger partial charge < -0.3 is 5.32 Å². The zero-order valence-electron chi connectivity index (χ0n) is 10.0. The SMILES string of the molecule is CC1CCCC(Nc2cc(Br)ccc2C#N)C1. The van der Waals surface area contributed by atoms with Crippen LogP contribution in [0.3, 0.4) is 0 Å². The number of nitrogens with one attached hydrogen (secondary N) is 1. The Morgan fingerprint density at radius 2 is 2.24 bits per heavy atom. The molecule has 1 aromatic rings. The van der Waals surface area contributed by atoms with Crippen LogP contribution in [0.1, 0.15) is 38.2 Å². The molecule has 90 valence electrons. The monoisotopic (exact) mass is 292 g/mol. The fourth-order valence-corrected chi connectivity index (χ4v) is 2.88. The average molecular weight is 293 g/mol. The zero-order valence-corrected chi connectivity index (χ0v) is 11.6. The van der Waals surface area contributed by atoms with Crippen molar-refractivity contribution in [1.82, 2.24) is 0 Å². The molecule has 2 unspecified atom stereocenters. The maximum absolute atomic E-state index is 9.09. The topological polar surface area (TPSA) is 35.8 Å². The van der Waals surface area contributed by atoms with Crippen molar-refractivity contribution in [1.29, 1.82) is 5.26 Å². The highest BCUT2D eigenvalue weighted by Crippen LogP contribution is 2.28. The molecule has 0 bridgehead atoms. The minimum atomic E-state index is 0.514. The van der Waals surface area contributed by atoms with Crippen molar-refractivity contribution in [3.8, 4) is 6.07 Å². The van der Waals surface area contributed by atoms with Crippen LogP contribution in [0.5, 0.6) is 0 Å². The summed E-state index contributed by atoms with van der Waals surface area (Å²) < 4.78 is 1.02. The van der Waals surface area contributed by atoms with E-state index >= 15 is 0 Å². The van der Waals surface area contributed by atoms with Gasteiger partial charge in [-0.1, -0.05) is 35.7 Å². The van der Waals surface area contributed by atoms with Gasteiger partial charge >= 0.3 is 0 Å². The molecule has 0 aliphatic heterocycles. The largest absolute Gasteiger partial charge is 0.381 e. The third-order valence-corrected chi connectivity index (χ3v) is 3.89. The van der Waals surface area contributed by atoms with Crippen LogP contribution in [0, 0.1) is 17.2 Å². The lowest BCUT2D eigenvalue weighted by molar-refractivity contribution is 0.358. The van der Waals surface area contributed by atoms with E-state index in [2.05, 4.69) is 34.2 Å². The number of nitrogens with zero attached hydrogens (tertiary/aromatic N) is 1. The summed E-state index contributed by atoms with van der Waals surface area (Å²) in [4.78, 5) is 0. The van der Waals surface area contributed by atoms with E-state index in [4.69, 9.17) is 5.26 Å². The normalized spacial score (nSPS) is 24.1. The first kappa shape index (κ1) is 12.4. The third kappa shape index (κ3) is 3.23. The van der Waals surface area contributed by atoms with Crippen LogP contribution in [0.2, 0.25) is 0 Å². The van der Waals surface area contributed by atoms with Crippen molar-refractivity contribution in [3.63, 3.8) is 0 Å². The number of benzene rings is 1. The summed E-state index contributed by atoms with van der Waals surface area (Å²) in [6, 6.07) is 8.52. The maximum atomic E-state index is 9.09. The van der Waals surface area contributed by atoms with Gasteiger partial charge in [-0.05, 0) is 37.0 Å². The van der Waals surface area contributed by atoms with E-state index in [0.717, 1.165) is 21.6 Å².